The number of carbonyl (C=O) groups is 1. The summed E-state index contributed by atoms with van der Waals surface area (Å²) >= 11 is 0.619. The van der Waals surface area contributed by atoms with Gasteiger partial charge in [-0.2, -0.15) is 0 Å². The molecule has 1 aromatic heterocycles. The molecule has 0 saturated carbocycles. The fraction of sp³-hybridized carbons (Fsp3) is 0.357. The van der Waals surface area contributed by atoms with Gasteiger partial charge in [0.15, 0.2) is 17.3 Å². The minimum absolute atomic E-state index is 0.0856. The van der Waals surface area contributed by atoms with E-state index in [4.69, 9.17) is 9.94 Å². The molecule has 23 heavy (non-hydrogen) atoms. The third kappa shape index (κ3) is 3.50. The lowest BCUT2D eigenvalue weighted by Crippen LogP contribution is -2.22. The SMILES string of the molecule is CCOc1c(O)cc2sc(C(F)(F)CCC(=O)NO)cc2c1F. The van der Waals surface area contributed by atoms with E-state index in [0.29, 0.717) is 11.3 Å². The second kappa shape index (κ2) is 6.63. The molecule has 0 aliphatic rings. The summed E-state index contributed by atoms with van der Waals surface area (Å²) in [6.45, 7) is 1.71. The Bertz CT molecular complexity index is 732. The fourth-order valence-corrected chi connectivity index (χ4v) is 3.11. The van der Waals surface area contributed by atoms with E-state index < -0.39 is 41.1 Å². The third-order valence-corrected chi connectivity index (χ3v) is 4.33. The number of benzene rings is 1. The molecule has 9 heteroatoms. The average molecular weight is 349 g/mol. The zero-order valence-corrected chi connectivity index (χ0v) is 12.8. The molecule has 0 unspecified atom stereocenters. The number of carbonyl (C=O) groups excluding carboxylic acids is 1. The molecular formula is C14H14F3NO4S. The minimum atomic E-state index is -3.37. The number of ether oxygens (including phenoxy) is 1. The van der Waals surface area contributed by atoms with Crippen molar-refractivity contribution in [3.05, 3.63) is 22.8 Å². The first kappa shape index (κ1) is 17.4. The summed E-state index contributed by atoms with van der Waals surface area (Å²) in [5, 5.41) is 18.0. The Hall–Kier alpha value is -2.00. The van der Waals surface area contributed by atoms with E-state index in [1.165, 1.54) is 5.48 Å². The molecule has 5 nitrogen and oxygen atoms in total. The first-order chi connectivity index (χ1) is 10.8. The van der Waals surface area contributed by atoms with Crippen molar-refractivity contribution >= 4 is 27.3 Å². The van der Waals surface area contributed by atoms with Gasteiger partial charge in [0.05, 0.1) is 11.5 Å². The number of aromatic hydroxyl groups is 1. The quantitative estimate of drug-likeness (QED) is 0.551. The predicted octanol–water partition coefficient (Wildman–Crippen LogP) is 3.52. The van der Waals surface area contributed by atoms with Crippen LogP contribution in [0.3, 0.4) is 0 Å². The molecule has 1 heterocycles. The van der Waals surface area contributed by atoms with Crippen LogP contribution in [-0.4, -0.2) is 22.8 Å². The summed E-state index contributed by atoms with van der Waals surface area (Å²) in [6.07, 6.45) is -1.42. The number of nitrogens with one attached hydrogen (secondary N) is 1. The van der Waals surface area contributed by atoms with Gasteiger partial charge in [0, 0.05) is 29.0 Å². The number of thiophene rings is 1. The van der Waals surface area contributed by atoms with Crippen molar-refractivity contribution in [1.29, 1.82) is 0 Å². The van der Waals surface area contributed by atoms with Crippen molar-refractivity contribution in [2.24, 2.45) is 0 Å². The molecule has 0 atom stereocenters. The maximum absolute atomic E-state index is 14.3. The van der Waals surface area contributed by atoms with Crippen molar-refractivity contribution in [3.63, 3.8) is 0 Å². The monoisotopic (exact) mass is 349 g/mol. The smallest absolute Gasteiger partial charge is 0.282 e. The number of phenolic OH excluding ortho intramolecular Hbond substituents is 1. The Morgan fingerprint density at radius 2 is 2.13 bits per heavy atom. The maximum atomic E-state index is 14.3. The van der Waals surface area contributed by atoms with Crippen LogP contribution in [0.2, 0.25) is 0 Å². The van der Waals surface area contributed by atoms with Crippen molar-refractivity contribution < 1.29 is 33.0 Å². The topological polar surface area (TPSA) is 78.8 Å². The first-order valence-electron chi connectivity index (χ1n) is 6.69. The molecule has 1 aromatic carbocycles. The number of phenols is 1. The largest absolute Gasteiger partial charge is 0.504 e. The zero-order chi connectivity index (χ0) is 17.2. The number of alkyl halides is 2. The Morgan fingerprint density at radius 1 is 1.43 bits per heavy atom. The highest BCUT2D eigenvalue weighted by Crippen LogP contribution is 2.44. The Kier molecular flexibility index (Phi) is 5.00. The van der Waals surface area contributed by atoms with Crippen molar-refractivity contribution in [2.75, 3.05) is 6.61 Å². The summed E-state index contributed by atoms with van der Waals surface area (Å²) in [4.78, 5) is 10.4. The second-order valence-electron chi connectivity index (χ2n) is 4.73. The van der Waals surface area contributed by atoms with Gasteiger partial charge in [0.2, 0.25) is 5.91 Å². The summed E-state index contributed by atoms with van der Waals surface area (Å²) in [5.74, 6) is -6.06. The van der Waals surface area contributed by atoms with Gasteiger partial charge in [-0.25, -0.2) is 18.7 Å². The molecule has 3 N–H and O–H groups in total. The van der Waals surface area contributed by atoms with Crippen LogP contribution in [0.5, 0.6) is 11.5 Å². The lowest BCUT2D eigenvalue weighted by Gasteiger charge is -2.13. The molecule has 0 saturated heterocycles. The Morgan fingerprint density at radius 3 is 2.74 bits per heavy atom. The summed E-state index contributed by atoms with van der Waals surface area (Å²) in [5.41, 5.74) is 1.28. The van der Waals surface area contributed by atoms with E-state index >= 15 is 0 Å². The summed E-state index contributed by atoms with van der Waals surface area (Å²) in [6, 6.07) is 2.14. The van der Waals surface area contributed by atoms with E-state index in [0.717, 1.165) is 12.1 Å². The fourth-order valence-electron chi connectivity index (χ4n) is 2.02. The maximum Gasteiger partial charge on any atom is 0.282 e. The second-order valence-corrected chi connectivity index (χ2v) is 5.82. The van der Waals surface area contributed by atoms with E-state index in [-0.39, 0.29) is 22.4 Å². The normalized spacial score (nSPS) is 11.7. The lowest BCUT2D eigenvalue weighted by molar-refractivity contribution is -0.131. The highest BCUT2D eigenvalue weighted by molar-refractivity contribution is 7.19. The van der Waals surface area contributed by atoms with Gasteiger partial charge in [-0.3, -0.25) is 10.0 Å². The van der Waals surface area contributed by atoms with Gasteiger partial charge in [-0.15, -0.1) is 11.3 Å². The van der Waals surface area contributed by atoms with Crippen LogP contribution in [0.15, 0.2) is 12.1 Å². The standard InChI is InChI=1S/C14H14F3NO4S/c1-2-22-13-8(19)6-9-7(12(13)15)5-10(23-9)14(16,17)4-3-11(20)18-21/h5-6,19,21H,2-4H2,1H3,(H,18,20). The van der Waals surface area contributed by atoms with Gasteiger partial charge in [0.25, 0.3) is 5.92 Å². The molecule has 0 radical (unpaired) electrons. The Labute approximate surface area is 133 Å². The van der Waals surface area contributed by atoms with Gasteiger partial charge in [0.1, 0.15) is 0 Å². The number of hydrogen-bond acceptors (Lipinski definition) is 5. The third-order valence-electron chi connectivity index (χ3n) is 3.14. The zero-order valence-electron chi connectivity index (χ0n) is 12.0. The van der Waals surface area contributed by atoms with Crippen molar-refractivity contribution in [3.8, 4) is 11.5 Å². The van der Waals surface area contributed by atoms with Crippen LogP contribution >= 0.6 is 11.3 Å². The Balaban J connectivity index is 2.39. The van der Waals surface area contributed by atoms with Crippen molar-refractivity contribution in [2.45, 2.75) is 25.7 Å². The number of hydrogen-bond donors (Lipinski definition) is 3. The lowest BCUT2D eigenvalue weighted by atomic mass is 10.1. The van der Waals surface area contributed by atoms with Gasteiger partial charge in [-0.05, 0) is 13.0 Å². The van der Waals surface area contributed by atoms with Crippen LogP contribution < -0.4 is 10.2 Å². The van der Waals surface area contributed by atoms with Gasteiger partial charge >= 0.3 is 0 Å². The average Bonchev–Trinajstić information content (AvgIpc) is 2.94. The molecule has 2 aromatic rings. The molecule has 1 amide bonds. The molecule has 0 bridgehead atoms. The van der Waals surface area contributed by atoms with Crippen LogP contribution in [0.4, 0.5) is 13.2 Å². The molecule has 0 aliphatic heterocycles. The minimum Gasteiger partial charge on any atom is -0.504 e. The predicted molar refractivity (Wildman–Crippen MR) is 77.7 cm³/mol. The number of amides is 1. The van der Waals surface area contributed by atoms with Gasteiger partial charge < -0.3 is 9.84 Å². The molecular weight excluding hydrogens is 335 g/mol. The van der Waals surface area contributed by atoms with Crippen LogP contribution in [0, 0.1) is 5.82 Å². The number of hydroxylamine groups is 1. The summed E-state index contributed by atoms with van der Waals surface area (Å²) < 4.78 is 47.6. The molecule has 0 fully saturated rings. The van der Waals surface area contributed by atoms with Gasteiger partial charge in [-0.1, -0.05) is 0 Å². The number of fused-ring (bicyclic) bond motifs is 1. The summed E-state index contributed by atoms with van der Waals surface area (Å²) in [7, 11) is 0. The molecule has 0 aliphatic carbocycles. The van der Waals surface area contributed by atoms with Crippen LogP contribution in [-0.2, 0) is 10.7 Å². The molecule has 126 valence electrons. The number of rotatable bonds is 6. The van der Waals surface area contributed by atoms with E-state index in [2.05, 4.69) is 0 Å². The first-order valence-corrected chi connectivity index (χ1v) is 7.50. The van der Waals surface area contributed by atoms with E-state index in [9.17, 15) is 23.1 Å². The van der Waals surface area contributed by atoms with Crippen LogP contribution in [0.25, 0.3) is 10.1 Å². The molecule has 0 spiro atoms. The van der Waals surface area contributed by atoms with Crippen molar-refractivity contribution in [1.82, 2.24) is 5.48 Å². The van der Waals surface area contributed by atoms with Crippen LogP contribution in [0.1, 0.15) is 24.6 Å². The highest BCUT2D eigenvalue weighted by Gasteiger charge is 2.35. The van der Waals surface area contributed by atoms with E-state index in [1.54, 1.807) is 6.92 Å². The number of halogens is 3. The van der Waals surface area contributed by atoms with E-state index in [1.807, 2.05) is 0 Å². The molecule has 2 rings (SSSR count). The highest BCUT2D eigenvalue weighted by atomic mass is 32.1.